The molecule has 0 spiro atoms. The average molecular weight is 129 g/mol. The fourth-order valence-electron chi connectivity index (χ4n) is 0.234. The van der Waals surface area contributed by atoms with Crippen LogP contribution in [0.3, 0.4) is 0 Å². The largest absolute Gasteiger partial charge is 0.508 e. The third-order valence-electron chi connectivity index (χ3n) is 0.590. The predicted molar refractivity (Wildman–Crippen MR) is 29.8 cm³/mol. The van der Waals surface area contributed by atoms with Crippen LogP contribution in [0.5, 0.6) is 0 Å². The van der Waals surface area contributed by atoms with Crippen molar-refractivity contribution in [2.24, 2.45) is 0 Å². The normalized spacial score (nSPS) is 7.56. The number of methoxy groups -OCH3 is 1. The van der Waals surface area contributed by atoms with Gasteiger partial charge in [0.25, 0.3) is 0 Å². The molecule has 0 saturated carbocycles. The molecule has 0 saturated heterocycles. The van der Waals surface area contributed by atoms with Gasteiger partial charge in [0, 0.05) is 0 Å². The van der Waals surface area contributed by atoms with Crippen molar-refractivity contribution in [2.45, 2.75) is 0 Å². The second-order valence-electron chi connectivity index (χ2n) is 1.18. The molecule has 0 aliphatic rings. The number of nitrogens with zero attached hydrogens (tertiary/aromatic N) is 1. The molecule has 4 nitrogen and oxygen atoms in total. The first-order valence-electron chi connectivity index (χ1n) is 2.35. The third kappa shape index (κ3) is 4.62. The van der Waals surface area contributed by atoms with Gasteiger partial charge in [0.15, 0.2) is 6.61 Å². The van der Waals surface area contributed by atoms with E-state index in [0.717, 1.165) is 0 Å². The first-order valence-corrected chi connectivity index (χ1v) is 2.35. The van der Waals surface area contributed by atoms with Crippen LogP contribution in [0.2, 0.25) is 0 Å². The highest BCUT2D eigenvalue weighted by atomic mass is 16.7. The zero-order valence-electron chi connectivity index (χ0n) is 5.09. The summed E-state index contributed by atoms with van der Waals surface area (Å²) in [5.74, 6) is 0. The average Bonchev–Trinajstić information content (AvgIpc) is 1.89. The number of carbonyl (C=O) groups excluding carboxylic acids is 1. The van der Waals surface area contributed by atoms with Crippen molar-refractivity contribution >= 4 is 6.16 Å². The van der Waals surface area contributed by atoms with E-state index in [1.165, 1.54) is 7.11 Å². The van der Waals surface area contributed by atoms with Crippen molar-refractivity contribution < 1.29 is 14.3 Å². The van der Waals surface area contributed by atoms with Gasteiger partial charge < -0.3 is 14.3 Å². The van der Waals surface area contributed by atoms with E-state index in [0.29, 0.717) is 0 Å². The van der Waals surface area contributed by atoms with Gasteiger partial charge in [-0.05, 0) is 0 Å². The molecule has 0 heterocycles. The molecule has 0 bridgehead atoms. The van der Waals surface area contributed by atoms with Crippen LogP contribution >= 0.6 is 0 Å². The maximum Gasteiger partial charge on any atom is 0.508 e. The smallest absolute Gasteiger partial charge is 0.438 e. The lowest BCUT2D eigenvalue weighted by Gasteiger charge is -1.95. The SMILES string of the molecule is [C-]#[N+]CCOC(=O)OC. The zero-order chi connectivity index (χ0) is 7.11. The molecule has 0 amide bonds. The van der Waals surface area contributed by atoms with E-state index in [1.54, 1.807) is 0 Å². The molecule has 0 aromatic carbocycles. The van der Waals surface area contributed by atoms with E-state index in [1.807, 2.05) is 0 Å². The fourth-order valence-corrected chi connectivity index (χ4v) is 0.234. The van der Waals surface area contributed by atoms with Crippen molar-refractivity contribution in [2.75, 3.05) is 20.3 Å². The molecule has 0 aliphatic heterocycles. The molecule has 0 aromatic rings. The minimum Gasteiger partial charge on any atom is -0.438 e. The lowest BCUT2D eigenvalue weighted by molar-refractivity contribution is 0.0765. The van der Waals surface area contributed by atoms with Gasteiger partial charge in [-0.1, -0.05) is 0 Å². The monoisotopic (exact) mass is 129 g/mol. The molecule has 0 aliphatic carbocycles. The number of hydrogen-bond donors (Lipinski definition) is 0. The van der Waals surface area contributed by atoms with Gasteiger partial charge in [0.05, 0.1) is 7.11 Å². The van der Waals surface area contributed by atoms with Crippen molar-refractivity contribution in [1.29, 1.82) is 0 Å². The molecular formula is C5H7NO3. The number of ether oxygens (including phenoxy) is 2. The maximum absolute atomic E-state index is 10.1. The van der Waals surface area contributed by atoms with E-state index in [4.69, 9.17) is 6.57 Å². The molecule has 0 unspecified atom stereocenters. The first kappa shape index (κ1) is 7.76. The van der Waals surface area contributed by atoms with Gasteiger partial charge in [-0.2, -0.15) is 0 Å². The van der Waals surface area contributed by atoms with E-state index in [-0.39, 0.29) is 13.2 Å². The topological polar surface area (TPSA) is 39.9 Å². The van der Waals surface area contributed by atoms with E-state index in [2.05, 4.69) is 14.3 Å². The number of rotatable bonds is 2. The van der Waals surface area contributed by atoms with Crippen molar-refractivity contribution in [1.82, 2.24) is 0 Å². The van der Waals surface area contributed by atoms with Crippen LogP contribution in [0.4, 0.5) is 4.79 Å². The lowest BCUT2D eigenvalue weighted by atomic mass is 10.7. The van der Waals surface area contributed by atoms with Crippen LogP contribution in [0, 0.1) is 6.57 Å². The second-order valence-corrected chi connectivity index (χ2v) is 1.18. The molecule has 0 rings (SSSR count). The molecule has 50 valence electrons. The summed E-state index contributed by atoms with van der Waals surface area (Å²) in [4.78, 5) is 13.1. The number of carbonyl (C=O) groups is 1. The van der Waals surface area contributed by atoms with Crippen molar-refractivity contribution in [3.63, 3.8) is 0 Å². The molecule has 0 N–H and O–H groups in total. The van der Waals surface area contributed by atoms with Crippen molar-refractivity contribution in [3.8, 4) is 0 Å². The molecule has 0 radical (unpaired) electrons. The molecule has 0 atom stereocenters. The van der Waals surface area contributed by atoms with Gasteiger partial charge in [-0.15, -0.1) is 0 Å². The highest BCUT2D eigenvalue weighted by Gasteiger charge is 1.98. The number of hydrogen-bond acceptors (Lipinski definition) is 3. The van der Waals surface area contributed by atoms with Crippen LogP contribution in [0.25, 0.3) is 4.85 Å². The lowest BCUT2D eigenvalue weighted by Crippen LogP contribution is -2.06. The van der Waals surface area contributed by atoms with E-state index < -0.39 is 6.16 Å². The minimum atomic E-state index is -0.737. The summed E-state index contributed by atoms with van der Waals surface area (Å²) in [6.45, 7) is 6.59. The summed E-state index contributed by atoms with van der Waals surface area (Å²) in [7, 11) is 1.22. The highest BCUT2D eigenvalue weighted by molar-refractivity contribution is 5.59. The summed E-state index contributed by atoms with van der Waals surface area (Å²) >= 11 is 0. The van der Waals surface area contributed by atoms with Crippen LogP contribution in [-0.2, 0) is 9.47 Å². The van der Waals surface area contributed by atoms with Gasteiger partial charge in [-0.25, -0.2) is 11.4 Å². The van der Waals surface area contributed by atoms with Crippen molar-refractivity contribution in [3.05, 3.63) is 11.4 Å². The summed E-state index contributed by atoms with van der Waals surface area (Å²) in [5.41, 5.74) is 0. The first-order chi connectivity index (χ1) is 4.31. The van der Waals surface area contributed by atoms with Crippen LogP contribution in [-0.4, -0.2) is 26.4 Å². The van der Waals surface area contributed by atoms with Crippen LogP contribution in [0.1, 0.15) is 0 Å². The summed E-state index contributed by atoms with van der Waals surface area (Å²) in [6.07, 6.45) is -0.737. The molecule has 0 fully saturated rings. The molecule has 4 heteroatoms. The van der Waals surface area contributed by atoms with Crippen LogP contribution in [0.15, 0.2) is 0 Å². The van der Waals surface area contributed by atoms with Gasteiger partial charge in [0.1, 0.15) is 0 Å². The Balaban J connectivity index is 3.09. The Morgan fingerprint density at radius 2 is 2.44 bits per heavy atom. The zero-order valence-corrected chi connectivity index (χ0v) is 5.09. The molecular weight excluding hydrogens is 122 g/mol. The predicted octanol–water partition coefficient (Wildman–Crippen LogP) is 0.689. The van der Waals surface area contributed by atoms with Gasteiger partial charge in [0.2, 0.25) is 6.54 Å². The van der Waals surface area contributed by atoms with Gasteiger partial charge in [-0.3, -0.25) is 0 Å². The van der Waals surface area contributed by atoms with Crippen LogP contribution < -0.4 is 0 Å². The molecule has 0 aromatic heterocycles. The van der Waals surface area contributed by atoms with Gasteiger partial charge >= 0.3 is 6.16 Å². The minimum absolute atomic E-state index is 0.107. The summed E-state index contributed by atoms with van der Waals surface area (Å²) < 4.78 is 8.49. The highest BCUT2D eigenvalue weighted by Crippen LogP contribution is 1.80. The Labute approximate surface area is 53.2 Å². The molecule has 9 heavy (non-hydrogen) atoms. The van der Waals surface area contributed by atoms with E-state index in [9.17, 15) is 4.79 Å². The summed E-state index contributed by atoms with van der Waals surface area (Å²) in [5, 5.41) is 0. The maximum atomic E-state index is 10.1. The standard InChI is InChI=1S/C5H7NO3/c1-6-3-4-9-5(7)8-2/h3-4H2,2H3. The Bertz CT molecular complexity index is 127. The Kier molecular flexibility index (Phi) is 4.23. The Hall–Kier alpha value is -1.24. The summed E-state index contributed by atoms with van der Waals surface area (Å²) in [6, 6.07) is 0. The Morgan fingerprint density at radius 3 is 2.89 bits per heavy atom. The Morgan fingerprint density at radius 1 is 1.78 bits per heavy atom. The second kappa shape index (κ2) is 4.91. The van der Waals surface area contributed by atoms with E-state index >= 15 is 0 Å². The third-order valence-corrected chi connectivity index (χ3v) is 0.590. The fraction of sp³-hybridized carbons (Fsp3) is 0.600. The quantitative estimate of drug-likeness (QED) is 0.313.